The third kappa shape index (κ3) is 3.47. The van der Waals surface area contributed by atoms with Crippen LogP contribution < -0.4 is 4.90 Å². The van der Waals surface area contributed by atoms with Crippen molar-refractivity contribution in [1.82, 2.24) is 0 Å². The summed E-state index contributed by atoms with van der Waals surface area (Å²) in [7, 11) is -3.80. The van der Waals surface area contributed by atoms with Gasteiger partial charge in [-0.2, -0.15) is 8.42 Å². The van der Waals surface area contributed by atoms with Gasteiger partial charge in [0.2, 0.25) is 0 Å². The summed E-state index contributed by atoms with van der Waals surface area (Å²) in [5, 5.41) is 0. The van der Waals surface area contributed by atoms with Crippen LogP contribution >= 0.6 is 0 Å². The van der Waals surface area contributed by atoms with Crippen molar-refractivity contribution in [1.29, 1.82) is 0 Å². The Bertz CT molecular complexity index is 1250. The fourth-order valence-corrected chi connectivity index (χ4v) is 5.85. The molecule has 0 spiro atoms. The normalized spacial score (nSPS) is 20.2. The minimum Gasteiger partial charge on any atom is -0.317 e. The Kier molecular flexibility index (Phi) is 4.94. The monoisotopic (exact) mass is 430 g/mol. The Balaban J connectivity index is 1.76. The first-order valence-electron chi connectivity index (χ1n) is 10.4. The van der Waals surface area contributed by atoms with Gasteiger partial charge < -0.3 is 4.90 Å². The molecule has 6 heteroatoms. The highest BCUT2D eigenvalue weighted by Gasteiger charge is 2.42. The zero-order chi connectivity index (χ0) is 21.4. The van der Waals surface area contributed by atoms with Gasteiger partial charge >= 0.3 is 0 Å². The lowest BCUT2D eigenvalue weighted by atomic mass is 9.88. The second-order valence-corrected chi connectivity index (χ2v) is 9.48. The van der Waals surface area contributed by atoms with Crippen molar-refractivity contribution in [2.45, 2.75) is 30.2 Å². The van der Waals surface area contributed by atoms with E-state index in [1.165, 1.54) is 0 Å². The maximum atomic E-state index is 12.9. The first-order valence-corrected chi connectivity index (χ1v) is 11.9. The third-order valence-electron chi connectivity index (χ3n) is 6.03. The molecule has 5 rings (SSSR count). The molecule has 0 aromatic heterocycles. The van der Waals surface area contributed by atoms with Crippen LogP contribution in [0, 0.1) is 5.92 Å². The lowest BCUT2D eigenvalue weighted by Gasteiger charge is -2.37. The van der Waals surface area contributed by atoms with Crippen molar-refractivity contribution in [3.8, 4) is 0 Å². The number of anilines is 1. The number of para-hydroxylation sites is 1. The van der Waals surface area contributed by atoms with Crippen LogP contribution in [-0.2, 0) is 14.8 Å². The minimum absolute atomic E-state index is 0.204. The Hall–Kier alpha value is -3.25. The number of hydrogen-bond acceptors (Lipinski definition) is 4. The highest BCUT2D eigenvalue weighted by atomic mass is 32.2. The largest absolute Gasteiger partial charge is 0.317 e. The summed E-state index contributed by atoms with van der Waals surface area (Å²) in [4.78, 5) is 15.1. The van der Waals surface area contributed by atoms with Crippen LogP contribution in [0.1, 0.15) is 36.4 Å². The Morgan fingerprint density at radius 3 is 2.19 bits per heavy atom. The summed E-state index contributed by atoms with van der Waals surface area (Å²) in [6.45, 7) is 0. The molecule has 2 aliphatic rings. The summed E-state index contributed by atoms with van der Waals surface area (Å²) in [6.07, 6.45) is 2.16. The van der Waals surface area contributed by atoms with Gasteiger partial charge in [-0.05, 0) is 42.7 Å². The standard InChI is InChI=1S/C25H22N2O3S/c28-22-16-9-15-20(22)24(18-10-3-1-4-11-18)27(19-12-5-2-6-13-19)25-21-14-7-8-17-23(21)31(29,30)26-25/h1-8,10-14,17,20,24H,9,15-16H2/t20-,24-/m1/s1. The molecule has 2 atom stereocenters. The van der Waals surface area contributed by atoms with Crippen LogP contribution in [0.4, 0.5) is 5.69 Å². The summed E-state index contributed by atoms with van der Waals surface area (Å²) < 4.78 is 29.9. The van der Waals surface area contributed by atoms with E-state index in [9.17, 15) is 13.2 Å². The summed E-state index contributed by atoms with van der Waals surface area (Å²) in [5.74, 6) is 0.348. The second kappa shape index (κ2) is 7.78. The first kappa shape index (κ1) is 19.7. The van der Waals surface area contributed by atoms with Gasteiger partial charge in [0.1, 0.15) is 10.7 Å². The molecule has 156 valence electrons. The molecule has 1 aliphatic carbocycles. The molecule has 31 heavy (non-hydrogen) atoms. The zero-order valence-electron chi connectivity index (χ0n) is 16.9. The number of Topliss-reactive ketones (excluding diaryl/α,β-unsaturated/α-hetero) is 1. The van der Waals surface area contributed by atoms with Gasteiger partial charge in [0.05, 0.1) is 6.04 Å². The van der Waals surface area contributed by atoms with Crippen LogP contribution in [0.15, 0.2) is 94.2 Å². The molecule has 0 unspecified atom stereocenters. The molecule has 1 aliphatic heterocycles. The number of carbonyl (C=O) groups is 1. The van der Waals surface area contributed by atoms with E-state index in [2.05, 4.69) is 4.40 Å². The summed E-state index contributed by atoms with van der Waals surface area (Å²) >= 11 is 0. The lowest BCUT2D eigenvalue weighted by molar-refractivity contribution is -0.121. The van der Waals surface area contributed by atoms with E-state index < -0.39 is 10.0 Å². The van der Waals surface area contributed by atoms with Gasteiger partial charge in [-0.1, -0.05) is 60.7 Å². The van der Waals surface area contributed by atoms with Crippen LogP contribution in [0.3, 0.4) is 0 Å². The summed E-state index contributed by atoms with van der Waals surface area (Å²) in [5.41, 5.74) is 2.34. The Labute approximate surface area is 182 Å². The van der Waals surface area contributed by atoms with Gasteiger partial charge in [0.15, 0.2) is 5.84 Å². The van der Waals surface area contributed by atoms with Gasteiger partial charge in [-0.3, -0.25) is 4.79 Å². The summed E-state index contributed by atoms with van der Waals surface area (Å²) in [6, 6.07) is 26.0. The zero-order valence-corrected chi connectivity index (χ0v) is 17.7. The van der Waals surface area contributed by atoms with Gasteiger partial charge in [-0.15, -0.1) is 4.40 Å². The van der Waals surface area contributed by atoms with Crippen LogP contribution in [0.25, 0.3) is 0 Å². The quantitative estimate of drug-likeness (QED) is 0.599. The number of ketones is 1. The molecule has 0 radical (unpaired) electrons. The molecule has 3 aromatic carbocycles. The average Bonchev–Trinajstić information content (AvgIpc) is 3.33. The van der Waals surface area contributed by atoms with Crippen LogP contribution in [-0.4, -0.2) is 20.0 Å². The molecular weight excluding hydrogens is 408 g/mol. The maximum Gasteiger partial charge on any atom is 0.285 e. The number of benzene rings is 3. The van der Waals surface area contributed by atoms with E-state index in [4.69, 9.17) is 0 Å². The molecule has 0 bridgehead atoms. The SMILES string of the molecule is O=C1CCC[C@H]1[C@@H](c1ccccc1)N(C1=NS(=O)(=O)c2ccccc21)c1ccccc1. The highest BCUT2D eigenvalue weighted by Crippen LogP contribution is 2.42. The number of rotatable bonds is 4. The second-order valence-electron chi connectivity index (χ2n) is 7.91. The topological polar surface area (TPSA) is 66.8 Å². The number of fused-ring (bicyclic) bond motifs is 1. The third-order valence-corrected chi connectivity index (χ3v) is 7.35. The van der Waals surface area contributed by atoms with E-state index in [-0.39, 0.29) is 22.6 Å². The molecule has 1 saturated carbocycles. The van der Waals surface area contributed by atoms with E-state index in [0.29, 0.717) is 17.8 Å². The maximum absolute atomic E-state index is 12.9. The molecule has 0 N–H and O–H groups in total. The van der Waals surface area contributed by atoms with Crippen molar-refractivity contribution in [2.75, 3.05) is 4.90 Å². The van der Waals surface area contributed by atoms with E-state index in [1.54, 1.807) is 18.2 Å². The van der Waals surface area contributed by atoms with Gasteiger partial charge in [0, 0.05) is 23.6 Å². The van der Waals surface area contributed by atoms with E-state index >= 15 is 0 Å². The van der Waals surface area contributed by atoms with Crippen LogP contribution in [0.5, 0.6) is 0 Å². The average molecular weight is 431 g/mol. The molecule has 1 heterocycles. The first-order chi connectivity index (χ1) is 15.1. The highest BCUT2D eigenvalue weighted by molar-refractivity contribution is 7.90. The minimum atomic E-state index is -3.80. The molecule has 0 amide bonds. The van der Waals surface area contributed by atoms with Crippen molar-refractivity contribution in [2.24, 2.45) is 10.3 Å². The van der Waals surface area contributed by atoms with Crippen molar-refractivity contribution < 1.29 is 13.2 Å². The van der Waals surface area contributed by atoms with Crippen molar-refractivity contribution in [3.63, 3.8) is 0 Å². The molecular formula is C25H22N2O3S. The number of nitrogens with zero attached hydrogens (tertiary/aromatic N) is 2. The molecule has 5 nitrogen and oxygen atoms in total. The predicted molar refractivity (Wildman–Crippen MR) is 121 cm³/mol. The Morgan fingerprint density at radius 2 is 1.52 bits per heavy atom. The number of hydrogen-bond donors (Lipinski definition) is 0. The number of amidine groups is 1. The van der Waals surface area contributed by atoms with Gasteiger partial charge in [0.25, 0.3) is 10.0 Å². The Morgan fingerprint density at radius 1 is 0.871 bits per heavy atom. The van der Waals surface area contributed by atoms with Crippen molar-refractivity contribution in [3.05, 3.63) is 96.1 Å². The fourth-order valence-electron chi connectivity index (χ4n) is 4.65. The van der Waals surface area contributed by atoms with Crippen molar-refractivity contribution >= 4 is 27.3 Å². The number of sulfonamides is 1. The van der Waals surface area contributed by atoms with E-state index in [1.807, 2.05) is 71.6 Å². The molecule has 3 aromatic rings. The lowest BCUT2D eigenvalue weighted by Crippen LogP contribution is -2.40. The molecule has 1 fully saturated rings. The van der Waals surface area contributed by atoms with Gasteiger partial charge in [-0.25, -0.2) is 0 Å². The van der Waals surface area contributed by atoms with E-state index in [0.717, 1.165) is 24.1 Å². The van der Waals surface area contributed by atoms with Crippen LogP contribution in [0.2, 0.25) is 0 Å². The number of carbonyl (C=O) groups excluding carboxylic acids is 1. The smallest absolute Gasteiger partial charge is 0.285 e. The fraction of sp³-hybridized carbons (Fsp3) is 0.200. The predicted octanol–water partition coefficient (Wildman–Crippen LogP) is 4.75. The molecule has 0 saturated heterocycles.